The van der Waals surface area contributed by atoms with Gasteiger partial charge in [-0.05, 0) is 42.0 Å². The summed E-state index contributed by atoms with van der Waals surface area (Å²) in [6.07, 6.45) is 2.48. The highest BCUT2D eigenvalue weighted by Gasteiger charge is 2.59. The Labute approximate surface area is 148 Å². The standard InChI is InChI=1S/C20H26O5/c1-11(2)12-8-13(17(22)23)14(9-15(12)21)20(4)7-5-6-19(3)10-25-18(24)16(19)20/h8-9,11,16,21H,5-7,10H2,1-4H3,(H,22,23). The summed E-state index contributed by atoms with van der Waals surface area (Å²) >= 11 is 0. The van der Waals surface area contributed by atoms with Crippen LogP contribution in [0.25, 0.3) is 0 Å². The molecule has 2 fully saturated rings. The minimum absolute atomic E-state index is 0.00743. The molecule has 1 saturated heterocycles. The number of hydrogen-bond donors (Lipinski definition) is 2. The first-order valence-electron chi connectivity index (χ1n) is 8.87. The Morgan fingerprint density at radius 1 is 1.28 bits per heavy atom. The fraction of sp³-hybridized carbons (Fsp3) is 0.600. The summed E-state index contributed by atoms with van der Waals surface area (Å²) in [5.41, 5.74) is 0.370. The molecule has 2 aliphatic rings. The number of esters is 1. The predicted molar refractivity (Wildman–Crippen MR) is 92.9 cm³/mol. The maximum atomic E-state index is 12.5. The fourth-order valence-electron chi connectivity index (χ4n) is 4.94. The molecule has 1 heterocycles. The number of phenols is 1. The molecule has 0 radical (unpaired) electrons. The van der Waals surface area contributed by atoms with E-state index in [9.17, 15) is 19.8 Å². The average molecular weight is 346 g/mol. The van der Waals surface area contributed by atoms with Crippen LogP contribution in [0, 0.1) is 11.3 Å². The number of hydrogen-bond acceptors (Lipinski definition) is 4. The lowest BCUT2D eigenvalue weighted by atomic mass is 9.54. The lowest BCUT2D eigenvalue weighted by Gasteiger charge is -2.46. The molecule has 0 bridgehead atoms. The molecule has 5 nitrogen and oxygen atoms in total. The van der Waals surface area contributed by atoms with E-state index in [0.717, 1.165) is 12.8 Å². The average Bonchev–Trinajstić information content (AvgIpc) is 2.83. The summed E-state index contributed by atoms with van der Waals surface area (Å²) in [4.78, 5) is 24.5. The lowest BCUT2D eigenvalue weighted by molar-refractivity contribution is -0.143. The second kappa shape index (κ2) is 5.75. The van der Waals surface area contributed by atoms with Crippen LogP contribution in [-0.2, 0) is 14.9 Å². The highest BCUT2D eigenvalue weighted by Crippen LogP contribution is 2.57. The number of carbonyl (C=O) groups is 2. The molecule has 0 amide bonds. The van der Waals surface area contributed by atoms with Crippen molar-refractivity contribution in [1.29, 1.82) is 0 Å². The van der Waals surface area contributed by atoms with Crippen molar-refractivity contribution in [2.45, 2.75) is 58.3 Å². The van der Waals surface area contributed by atoms with Gasteiger partial charge in [-0.2, -0.15) is 0 Å². The molecule has 1 aromatic carbocycles. The van der Waals surface area contributed by atoms with Crippen LogP contribution in [0.15, 0.2) is 12.1 Å². The molecule has 3 atom stereocenters. The van der Waals surface area contributed by atoms with E-state index in [1.807, 2.05) is 27.7 Å². The zero-order chi connectivity index (χ0) is 18.6. The third-order valence-corrected chi connectivity index (χ3v) is 6.19. The predicted octanol–water partition coefficient (Wildman–Crippen LogP) is 3.83. The third-order valence-electron chi connectivity index (χ3n) is 6.19. The first kappa shape index (κ1) is 17.8. The molecular formula is C20H26O5. The molecule has 0 aromatic heterocycles. The van der Waals surface area contributed by atoms with E-state index < -0.39 is 17.3 Å². The molecule has 25 heavy (non-hydrogen) atoms. The van der Waals surface area contributed by atoms with Crippen molar-refractivity contribution < 1.29 is 24.5 Å². The van der Waals surface area contributed by atoms with Gasteiger partial charge in [-0.3, -0.25) is 4.79 Å². The molecular weight excluding hydrogens is 320 g/mol. The van der Waals surface area contributed by atoms with Crippen LogP contribution in [0.2, 0.25) is 0 Å². The van der Waals surface area contributed by atoms with Gasteiger partial charge in [0, 0.05) is 10.8 Å². The van der Waals surface area contributed by atoms with Crippen LogP contribution in [0.3, 0.4) is 0 Å². The van der Waals surface area contributed by atoms with Crippen LogP contribution in [0.5, 0.6) is 5.75 Å². The van der Waals surface area contributed by atoms with Gasteiger partial charge in [0.05, 0.1) is 18.1 Å². The third kappa shape index (κ3) is 2.60. The van der Waals surface area contributed by atoms with E-state index in [1.165, 1.54) is 0 Å². The zero-order valence-electron chi connectivity index (χ0n) is 15.3. The molecule has 136 valence electrons. The van der Waals surface area contributed by atoms with Gasteiger partial charge in [0.25, 0.3) is 0 Å². The Hall–Kier alpha value is -2.04. The minimum atomic E-state index is -1.03. The topological polar surface area (TPSA) is 83.8 Å². The van der Waals surface area contributed by atoms with Gasteiger partial charge in [0.15, 0.2) is 0 Å². The lowest BCUT2D eigenvalue weighted by Crippen LogP contribution is -2.47. The van der Waals surface area contributed by atoms with Gasteiger partial charge in [0.1, 0.15) is 5.75 Å². The number of benzene rings is 1. The molecule has 1 aliphatic heterocycles. The van der Waals surface area contributed by atoms with Crippen molar-refractivity contribution in [3.05, 3.63) is 28.8 Å². The molecule has 1 aliphatic carbocycles. The highest BCUT2D eigenvalue weighted by atomic mass is 16.5. The minimum Gasteiger partial charge on any atom is -0.508 e. The molecule has 1 saturated carbocycles. The number of aromatic carboxylic acids is 1. The fourth-order valence-corrected chi connectivity index (χ4v) is 4.94. The van der Waals surface area contributed by atoms with Crippen molar-refractivity contribution >= 4 is 11.9 Å². The number of rotatable bonds is 3. The molecule has 2 N–H and O–H groups in total. The van der Waals surface area contributed by atoms with Crippen LogP contribution in [0.1, 0.15) is 74.4 Å². The van der Waals surface area contributed by atoms with E-state index in [0.29, 0.717) is 24.2 Å². The van der Waals surface area contributed by atoms with Gasteiger partial charge >= 0.3 is 11.9 Å². The van der Waals surface area contributed by atoms with Gasteiger partial charge in [-0.15, -0.1) is 0 Å². The van der Waals surface area contributed by atoms with Gasteiger partial charge in [-0.25, -0.2) is 4.79 Å². The van der Waals surface area contributed by atoms with Crippen LogP contribution >= 0.6 is 0 Å². The number of aromatic hydroxyl groups is 1. The molecule has 1 aromatic rings. The summed E-state index contributed by atoms with van der Waals surface area (Å²) in [7, 11) is 0. The summed E-state index contributed by atoms with van der Waals surface area (Å²) in [6.45, 7) is 8.19. The Morgan fingerprint density at radius 2 is 1.96 bits per heavy atom. The number of carbonyl (C=O) groups excluding carboxylic acids is 1. The Balaban J connectivity index is 2.22. The summed E-state index contributed by atoms with van der Waals surface area (Å²) in [6, 6.07) is 3.13. The van der Waals surface area contributed by atoms with Crippen LogP contribution in [0.4, 0.5) is 0 Å². The Morgan fingerprint density at radius 3 is 2.56 bits per heavy atom. The molecule has 3 unspecified atom stereocenters. The monoisotopic (exact) mass is 346 g/mol. The second-order valence-corrected chi connectivity index (χ2v) is 8.38. The number of fused-ring (bicyclic) bond motifs is 1. The maximum absolute atomic E-state index is 12.5. The SMILES string of the molecule is CC(C)c1cc(C(=O)O)c(C2(C)CCCC3(C)COC(=O)C32)cc1O. The first-order valence-corrected chi connectivity index (χ1v) is 8.87. The van der Waals surface area contributed by atoms with Crippen LogP contribution in [-0.4, -0.2) is 28.8 Å². The van der Waals surface area contributed by atoms with E-state index in [1.54, 1.807) is 12.1 Å². The number of phenolic OH excluding ortho intramolecular Hbond substituents is 1. The summed E-state index contributed by atoms with van der Waals surface area (Å²) < 4.78 is 5.36. The number of ether oxygens (including phenoxy) is 1. The van der Waals surface area contributed by atoms with Gasteiger partial charge < -0.3 is 14.9 Å². The Kier molecular flexibility index (Phi) is 4.09. The van der Waals surface area contributed by atoms with Crippen LogP contribution < -0.4 is 0 Å². The number of carboxylic acids is 1. The quantitative estimate of drug-likeness (QED) is 0.813. The smallest absolute Gasteiger partial charge is 0.335 e. The zero-order valence-corrected chi connectivity index (χ0v) is 15.3. The molecule has 3 rings (SSSR count). The Bertz CT molecular complexity index is 738. The van der Waals surface area contributed by atoms with E-state index in [-0.39, 0.29) is 28.6 Å². The van der Waals surface area contributed by atoms with Crippen molar-refractivity contribution in [2.24, 2.45) is 11.3 Å². The maximum Gasteiger partial charge on any atom is 0.335 e. The second-order valence-electron chi connectivity index (χ2n) is 8.38. The van der Waals surface area contributed by atoms with Gasteiger partial charge in [-0.1, -0.05) is 34.1 Å². The highest BCUT2D eigenvalue weighted by molar-refractivity contribution is 5.91. The van der Waals surface area contributed by atoms with Crippen molar-refractivity contribution in [3.8, 4) is 5.75 Å². The van der Waals surface area contributed by atoms with Crippen molar-refractivity contribution in [3.63, 3.8) is 0 Å². The largest absolute Gasteiger partial charge is 0.508 e. The van der Waals surface area contributed by atoms with E-state index in [4.69, 9.17) is 4.74 Å². The summed E-state index contributed by atoms with van der Waals surface area (Å²) in [5, 5.41) is 20.3. The number of carboxylic acid groups (broad SMARTS) is 1. The van der Waals surface area contributed by atoms with E-state index >= 15 is 0 Å². The first-order chi connectivity index (χ1) is 11.6. The molecule has 0 spiro atoms. The van der Waals surface area contributed by atoms with Crippen molar-refractivity contribution in [1.82, 2.24) is 0 Å². The normalized spacial score (nSPS) is 31.7. The van der Waals surface area contributed by atoms with Crippen molar-refractivity contribution in [2.75, 3.05) is 6.61 Å². The van der Waals surface area contributed by atoms with E-state index in [2.05, 4.69) is 0 Å². The molecule has 5 heteroatoms. The van der Waals surface area contributed by atoms with Gasteiger partial charge in [0.2, 0.25) is 0 Å². The summed E-state index contributed by atoms with van der Waals surface area (Å²) in [5.74, 6) is -1.58. The number of cyclic esters (lactones) is 1.